The molecule has 182 valence electrons. The zero-order valence-corrected chi connectivity index (χ0v) is 20.2. The van der Waals surface area contributed by atoms with E-state index in [1.807, 2.05) is 37.8 Å². The molecule has 0 spiro atoms. The number of piperazine rings is 1. The lowest BCUT2D eigenvalue weighted by atomic mass is 10.1. The van der Waals surface area contributed by atoms with Gasteiger partial charge in [-0.1, -0.05) is 17.7 Å². The highest BCUT2D eigenvalue weighted by atomic mass is 32.2. The van der Waals surface area contributed by atoms with Crippen molar-refractivity contribution in [2.75, 3.05) is 44.8 Å². The largest absolute Gasteiger partial charge is 0.454 e. The molecule has 10 nitrogen and oxygen atoms in total. The van der Waals surface area contributed by atoms with Crippen molar-refractivity contribution in [3.8, 4) is 11.5 Å². The molecule has 0 saturated carbocycles. The summed E-state index contributed by atoms with van der Waals surface area (Å²) < 4.78 is 38.4. The number of nitrogens with zero attached hydrogens (tertiary/aromatic N) is 2. The van der Waals surface area contributed by atoms with Crippen molar-refractivity contribution in [1.29, 1.82) is 0 Å². The number of rotatable bonds is 5. The van der Waals surface area contributed by atoms with Crippen LogP contribution in [0.25, 0.3) is 0 Å². The van der Waals surface area contributed by atoms with E-state index >= 15 is 0 Å². The number of nitrogens with one attached hydrogen (secondary N) is 2. The monoisotopic (exact) mass is 488 g/mol. The van der Waals surface area contributed by atoms with E-state index in [4.69, 9.17) is 9.47 Å². The van der Waals surface area contributed by atoms with Crippen LogP contribution in [0.15, 0.2) is 35.2 Å². The number of carbonyl (C=O) groups excluding carboxylic acids is 2. The number of hydrogen-bond acceptors (Lipinski definition) is 7. The van der Waals surface area contributed by atoms with E-state index in [9.17, 15) is 18.0 Å². The topological polar surface area (TPSA) is 117 Å². The van der Waals surface area contributed by atoms with Gasteiger partial charge in [0.25, 0.3) is 0 Å². The molecule has 2 N–H and O–H groups in total. The second-order valence-electron chi connectivity index (χ2n) is 8.48. The molecule has 1 saturated heterocycles. The van der Waals surface area contributed by atoms with Gasteiger partial charge in [-0.3, -0.25) is 15.0 Å². The maximum Gasteiger partial charge on any atom is 0.325 e. The van der Waals surface area contributed by atoms with E-state index in [-0.39, 0.29) is 26.4 Å². The predicted molar refractivity (Wildman–Crippen MR) is 126 cm³/mol. The van der Waals surface area contributed by atoms with Crippen molar-refractivity contribution < 1.29 is 27.5 Å². The Morgan fingerprint density at radius 3 is 2.26 bits per heavy atom. The molecule has 2 aromatic rings. The SMILES string of the molecule is Cc1cc(C)c(S(=O)(=O)N2CCN(CC(=O)NC(=O)Nc3ccc4c(c3)OCO4)CC2)c(C)c1. The summed E-state index contributed by atoms with van der Waals surface area (Å²) in [5.41, 5.74) is 2.95. The first-order chi connectivity index (χ1) is 16.1. The first kappa shape index (κ1) is 24.0. The Balaban J connectivity index is 1.28. The second kappa shape index (κ2) is 9.61. The van der Waals surface area contributed by atoms with Gasteiger partial charge in [-0.2, -0.15) is 4.31 Å². The molecule has 0 aliphatic carbocycles. The van der Waals surface area contributed by atoms with Crippen molar-refractivity contribution in [2.24, 2.45) is 0 Å². The van der Waals surface area contributed by atoms with Gasteiger partial charge in [0, 0.05) is 37.9 Å². The molecule has 11 heteroatoms. The molecule has 2 aliphatic rings. The van der Waals surface area contributed by atoms with Gasteiger partial charge in [0.1, 0.15) is 0 Å². The minimum Gasteiger partial charge on any atom is -0.454 e. The van der Waals surface area contributed by atoms with Gasteiger partial charge >= 0.3 is 6.03 Å². The molecule has 3 amide bonds. The van der Waals surface area contributed by atoms with Gasteiger partial charge in [0.15, 0.2) is 11.5 Å². The number of anilines is 1. The Bertz CT molecular complexity index is 1200. The Kier molecular flexibility index (Phi) is 6.78. The highest BCUT2D eigenvalue weighted by Gasteiger charge is 2.31. The first-order valence-electron chi connectivity index (χ1n) is 10.9. The molecule has 0 aromatic heterocycles. The number of hydrogen-bond donors (Lipinski definition) is 2. The molecule has 2 aliphatic heterocycles. The zero-order chi connectivity index (χ0) is 24.5. The smallest absolute Gasteiger partial charge is 0.325 e. The fraction of sp³-hybridized carbons (Fsp3) is 0.391. The van der Waals surface area contributed by atoms with Crippen LogP contribution in [0, 0.1) is 20.8 Å². The average molecular weight is 489 g/mol. The van der Waals surface area contributed by atoms with Crippen molar-refractivity contribution in [1.82, 2.24) is 14.5 Å². The van der Waals surface area contributed by atoms with Crippen LogP contribution in [0.5, 0.6) is 11.5 Å². The van der Waals surface area contributed by atoms with E-state index in [0.717, 1.165) is 16.7 Å². The lowest BCUT2D eigenvalue weighted by molar-refractivity contribution is -0.121. The molecular formula is C23H28N4O6S. The van der Waals surface area contributed by atoms with E-state index in [0.29, 0.717) is 35.2 Å². The summed E-state index contributed by atoms with van der Waals surface area (Å²) in [4.78, 5) is 26.7. The van der Waals surface area contributed by atoms with Crippen LogP contribution >= 0.6 is 0 Å². The Hall–Kier alpha value is -3.15. The molecule has 2 heterocycles. The van der Waals surface area contributed by atoms with Gasteiger partial charge in [-0.05, 0) is 44.0 Å². The van der Waals surface area contributed by atoms with E-state index in [2.05, 4.69) is 10.6 Å². The van der Waals surface area contributed by atoms with Gasteiger partial charge in [-0.25, -0.2) is 13.2 Å². The Labute approximate surface area is 198 Å². The number of benzene rings is 2. The summed E-state index contributed by atoms with van der Waals surface area (Å²) in [7, 11) is -3.63. The lowest BCUT2D eigenvalue weighted by Gasteiger charge is -2.34. The summed E-state index contributed by atoms with van der Waals surface area (Å²) in [5.74, 6) is 0.642. The van der Waals surface area contributed by atoms with E-state index in [1.165, 1.54) is 4.31 Å². The van der Waals surface area contributed by atoms with E-state index in [1.54, 1.807) is 18.2 Å². The van der Waals surface area contributed by atoms with E-state index < -0.39 is 22.0 Å². The first-order valence-corrected chi connectivity index (χ1v) is 12.4. The molecule has 0 bridgehead atoms. The average Bonchev–Trinajstić information content (AvgIpc) is 3.21. The number of imide groups is 1. The number of fused-ring (bicyclic) bond motifs is 1. The fourth-order valence-corrected chi connectivity index (χ4v) is 6.17. The molecular weight excluding hydrogens is 460 g/mol. The number of aryl methyl sites for hydroxylation is 3. The van der Waals surface area contributed by atoms with Gasteiger partial charge in [-0.15, -0.1) is 0 Å². The summed E-state index contributed by atoms with van der Waals surface area (Å²) in [5, 5.41) is 4.88. The molecule has 0 unspecified atom stereocenters. The molecule has 0 radical (unpaired) electrons. The van der Waals surface area contributed by atoms with Crippen LogP contribution < -0.4 is 20.1 Å². The van der Waals surface area contributed by atoms with Crippen LogP contribution in [-0.4, -0.2) is 69.1 Å². The van der Waals surface area contributed by atoms with Crippen molar-refractivity contribution in [2.45, 2.75) is 25.7 Å². The van der Waals surface area contributed by atoms with Gasteiger partial charge in [0.2, 0.25) is 22.7 Å². The van der Waals surface area contributed by atoms with Gasteiger partial charge < -0.3 is 14.8 Å². The predicted octanol–water partition coefficient (Wildman–Crippen LogP) is 2.00. The van der Waals surface area contributed by atoms with Gasteiger partial charge in [0.05, 0.1) is 11.4 Å². The fourth-order valence-electron chi connectivity index (χ4n) is 4.34. The molecule has 34 heavy (non-hydrogen) atoms. The Morgan fingerprint density at radius 2 is 1.59 bits per heavy atom. The highest BCUT2D eigenvalue weighted by molar-refractivity contribution is 7.89. The van der Waals surface area contributed by atoms with Crippen LogP contribution in [-0.2, 0) is 14.8 Å². The summed E-state index contributed by atoms with van der Waals surface area (Å²) >= 11 is 0. The minimum absolute atomic E-state index is 0.00890. The van der Waals surface area contributed by atoms with Crippen LogP contribution in [0.3, 0.4) is 0 Å². The van der Waals surface area contributed by atoms with Crippen LogP contribution in [0.1, 0.15) is 16.7 Å². The summed E-state index contributed by atoms with van der Waals surface area (Å²) in [6, 6.07) is 8.02. The number of carbonyl (C=O) groups is 2. The number of sulfonamides is 1. The highest BCUT2D eigenvalue weighted by Crippen LogP contribution is 2.34. The third-order valence-electron chi connectivity index (χ3n) is 5.78. The minimum atomic E-state index is -3.63. The number of amides is 3. The van der Waals surface area contributed by atoms with Crippen molar-refractivity contribution >= 4 is 27.6 Å². The molecule has 1 fully saturated rings. The normalized spacial score (nSPS) is 16.3. The second-order valence-corrected chi connectivity index (χ2v) is 10.4. The van der Waals surface area contributed by atoms with Crippen LogP contribution in [0.2, 0.25) is 0 Å². The maximum absolute atomic E-state index is 13.2. The van der Waals surface area contributed by atoms with Crippen molar-refractivity contribution in [3.63, 3.8) is 0 Å². The lowest BCUT2D eigenvalue weighted by Crippen LogP contribution is -2.51. The maximum atomic E-state index is 13.2. The van der Waals surface area contributed by atoms with Crippen molar-refractivity contribution in [3.05, 3.63) is 47.0 Å². The Morgan fingerprint density at radius 1 is 0.941 bits per heavy atom. The third kappa shape index (κ3) is 5.16. The third-order valence-corrected chi connectivity index (χ3v) is 7.99. The van der Waals surface area contributed by atoms with Crippen LogP contribution in [0.4, 0.5) is 10.5 Å². The standard InChI is InChI=1S/C23H28N4O6S/c1-15-10-16(2)22(17(3)11-15)34(30,31)27-8-6-26(7-9-27)13-21(28)25-23(29)24-18-4-5-19-20(12-18)33-14-32-19/h4-5,10-12H,6-9,13-14H2,1-3H3,(H2,24,25,28,29). The summed E-state index contributed by atoms with van der Waals surface area (Å²) in [6.45, 7) is 6.99. The number of urea groups is 1. The molecule has 2 aromatic carbocycles. The molecule has 0 atom stereocenters. The zero-order valence-electron chi connectivity index (χ0n) is 19.4. The summed E-state index contributed by atoms with van der Waals surface area (Å²) in [6.07, 6.45) is 0. The molecule has 4 rings (SSSR count). The quantitative estimate of drug-likeness (QED) is 0.661. The number of ether oxygens (including phenoxy) is 2.